The maximum absolute atomic E-state index is 13.4. The summed E-state index contributed by atoms with van der Waals surface area (Å²) in [4.78, 5) is 24.4. The first kappa shape index (κ1) is 17.5. The number of carbonyl (C=O) groups is 1. The first-order chi connectivity index (χ1) is 13.7. The molecular formula is C21H22N4O2S. The summed E-state index contributed by atoms with van der Waals surface area (Å²) in [6.45, 7) is 4.56. The Kier molecular flexibility index (Phi) is 4.41. The van der Waals surface area contributed by atoms with Crippen LogP contribution < -0.4 is 0 Å². The third-order valence-electron chi connectivity index (χ3n) is 5.55. The number of thiophene rings is 1. The zero-order valence-electron chi connectivity index (χ0n) is 15.5. The van der Waals surface area contributed by atoms with Gasteiger partial charge in [0.25, 0.3) is 5.91 Å². The molecule has 0 saturated carbocycles. The van der Waals surface area contributed by atoms with E-state index in [9.17, 15) is 9.90 Å². The molecule has 0 atom stereocenters. The van der Waals surface area contributed by atoms with Crippen molar-refractivity contribution < 1.29 is 9.90 Å². The van der Waals surface area contributed by atoms with Crippen molar-refractivity contribution in [2.45, 2.75) is 19.5 Å². The first-order valence-corrected chi connectivity index (χ1v) is 10.5. The summed E-state index contributed by atoms with van der Waals surface area (Å²) in [5.74, 6) is 1.08. The van der Waals surface area contributed by atoms with E-state index < -0.39 is 0 Å². The van der Waals surface area contributed by atoms with Gasteiger partial charge in [-0.05, 0) is 40.1 Å². The predicted octanol–water partition coefficient (Wildman–Crippen LogP) is 2.63. The van der Waals surface area contributed by atoms with E-state index >= 15 is 0 Å². The molecule has 1 aromatic heterocycles. The number of hydrogen-bond donors (Lipinski definition) is 1. The molecule has 0 spiro atoms. The molecule has 3 aliphatic rings. The van der Waals surface area contributed by atoms with Gasteiger partial charge in [-0.15, -0.1) is 0 Å². The Morgan fingerprint density at radius 3 is 2.71 bits per heavy atom. The molecule has 2 aromatic rings. The summed E-state index contributed by atoms with van der Waals surface area (Å²) in [7, 11) is 0. The molecule has 4 heterocycles. The molecule has 5 rings (SSSR count). The van der Waals surface area contributed by atoms with Gasteiger partial charge < -0.3 is 10.0 Å². The van der Waals surface area contributed by atoms with Crippen LogP contribution in [0.1, 0.15) is 17.5 Å². The molecule has 1 N–H and O–H groups in total. The summed E-state index contributed by atoms with van der Waals surface area (Å²) < 4.78 is 0. The average molecular weight is 395 g/mol. The van der Waals surface area contributed by atoms with Gasteiger partial charge in [0.15, 0.2) is 0 Å². The van der Waals surface area contributed by atoms with Crippen LogP contribution in [0.2, 0.25) is 0 Å². The maximum atomic E-state index is 13.4. The van der Waals surface area contributed by atoms with Gasteiger partial charge in [-0.3, -0.25) is 19.6 Å². The van der Waals surface area contributed by atoms with Crippen molar-refractivity contribution >= 4 is 23.2 Å². The van der Waals surface area contributed by atoms with Crippen molar-refractivity contribution in [3.8, 4) is 5.75 Å². The Morgan fingerprint density at radius 1 is 1.07 bits per heavy atom. The van der Waals surface area contributed by atoms with Crippen LogP contribution >= 0.6 is 11.3 Å². The Hall–Kier alpha value is -2.64. The highest BCUT2D eigenvalue weighted by Gasteiger charge is 2.40. The van der Waals surface area contributed by atoms with Gasteiger partial charge >= 0.3 is 0 Å². The number of guanidine groups is 1. The van der Waals surface area contributed by atoms with E-state index in [1.165, 1.54) is 5.56 Å². The van der Waals surface area contributed by atoms with Crippen LogP contribution in [0.5, 0.6) is 5.75 Å². The van der Waals surface area contributed by atoms with Gasteiger partial charge in [-0.1, -0.05) is 12.1 Å². The van der Waals surface area contributed by atoms with E-state index in [0.29, 0.717) is 13.1 Å². The number of aromatic hydroxyl groups is 1. The summed E-state index contributed by atoms with van der Waals surface area (Å²) >= 11 is 1.71. The SMILES string of the molecule is O=C1C2=C(CCN(Cc3ccsc3)C2)N2CCN=C2N1Cc1ccc(O)cc1. The van der Waals surface area contributed by atoms with Crippen LogP contribution in [-0.2, 0) is 17.9 Å². The molecule has 0 fully saturated rings. The Bertz CT molecular complexity index is 949. The molecule has 0 saturated heterocycles. The number of fused-ring (bicyclic) bond motifs is 2. The van der Waals surface area contributed by atoms with E-state index in [-0.39, 0.29) is 11.7 Å². The van der Waals surface area contributed by atoms with Crippen LogP contribution in [0.3, 0.4) is 0 Å². The molecule has 28 heavy (non-hydrogen) atoms. The van der Waals surface area contributed by atoms with Crippen LogP contribution in [0.15, 0.2) is 57.4 Å². The number of phenolic OH excluding ortho intramolecular Hbond substituents is 1. The minimum absolute atomic E-state index is 0.0648. The second kappa shape index (κ2) is 7.07. The predicted molar refractivity (Wildman–Crippen MR) is 109 cm³/mol. The summed E-state index contributed by atoms with van der Waals surface area (Å²) in [5, 5.41) is 13.8. The highest BCUT2D eigenvalue weighted by atomic mass is 32.1. The molecule has 1 amide bonds. The highest BCUT2D eigenvalue weighted by molar-refractivity contribution is 7.07. The minimum atomic E-state index is 0.0648. The molecule has 0 aliphatic carbocycles. The average Bonchev–Trinajstić information content (AvgIpc) is 3.39. The lowest BCUT2D eigenvalue weighted by molar-refractivity contribution is -0.125. The van der Waals surface area contributed by atoms with Gasteiger partial charge in [-0.25, -0.2) is 0 Å². The van der Waals surface area contributed by atoms with Crippen LogP contribution in [0.25, 0.3) is 0 Å². The summed E-state index contributed by atoms with van der Waals surface area (Å²) in [5.41, 5.74) is 4.35. The number of amides is 1. The smallest absolute Gasteiger partial charge is 0.259 e. The third kappa shape index (κ3) is 3.10. The first-order valence-electron chi connectivity index (χ1n) is 9.56. The zero-order chi connectivity index (χ0) is 19.1. The highest BCUT2D eigenvalue weighted by Crippen LogP contribution is 2.32. The van der Waals surface area contributed by atoms with Gasteiger partial charge in [0.2, 0.25) is 5.96 Å². The maximum Gasteiger partial charge on any atom is 0.259 e. The molecule has 3 aliphatic heterocycles. The third-order valence-corrected chi connectivity index (χ3v) is 6.28. The second-order valence-electron chi connectivity index (χ2n) is 7.41. The lowest BCUT2D eigenvalue weighted by Gasteiger charge is -2.42. The van der Waals surface area contributed by atoms with Gasteiger partial charge in [0, 0.05) is 38.3 Å². The summed E-state index contributed by atoms with van der Waals surface area (Å²) in [6, 6.07) is 9.18. The van der Waals surface area contributed by atoms with Crippen molar-refractivity contribution in [3.63, 3.8) is 0 Å². The molecule has 7 heteroatoms. The fourth-order valence-corrected chi connectivity index (χ4v) is 4.84. The Morgan fingerprint density at radius 2 is 1.93 bits per heavy atom. The zero-order valence-corrected chi connectivity index (χ0v) is 16.4. The summed E-state index contributed by atoms with van der Waals surface area (Å²) in [6.07, 6.45) is 0.886. The molecular weight excluding hydrogens is 372 g/mol. The fraction of sp³-hybridized carbons (Fsp3) is 0.333. The molecule has 144 valence electrons. The van der Waals surface area contributed by atoms with Crippen molar-refractivity contribution in [3.05, 3.63) is 63.5 Å². The number of phenols is 1. The van der Waals surface area contributed by atoms with E-state index in [1.54, 1.807) is 28.4 Å². The number of benzene rings is 1. The Balaban J connectivity index is 1.41. The number of rotatable bonds is 4. The second-order valence-corrected chi connectivity index (χ2v) is 8.19. The molecule has 6 nitrogen and oxygen atoms in total. The van der Waals surface area contributed by atoms with E-state index in [0.717, 1.165) is 55.4 Å². The van der Waals surface area contributed by atoms with Gasteiger partial charge in [0.05, 0.1) is 18.7 Å². The van der Waals surface area contributed by atoms with Gasteiger partial charge in [-0.2, -0.15) is 11.3 Å². The quantitative estimate of drug-likeness (QED) is 0.866. The number of hydrogen-bond acceptors (Lipinski definition) is 6. The van der Waals surface area contributed by atoms with Crippen LogP contribution in [0.4, 0.5) is 0 Å². The van der Waals surface area contributed by atoms with Crippen molar-refractivity contribution in [2.75, 3.05) is 26.2 Å². The van der Waals surface area contributed by atoms with E-state index in [1.807, 2.05) is 12.1 Å². The van der Waals surface area contributed by atoms with E-state index in [2.05, 4.69) is 31.6 Å². The van der Waals surface area contributed by atoms with Crippen LogP contribution in [-0.4, -0.2) is 57.9 Å². The number of nitrogens with zero attached hydrogens (tertiary/aromatic N) is 4. The molecule has 0 unspecified atom stereocenters. The topological polar surface area (TPSA) is 59.4 Å². The fourth-order valence-electron chi connectivity index (χ4n) is 4.18. The monoisotopic (exact) mass is 394 g/mol. The number of aliphatic imine (C=N–C) groups is 1. The minimum Gasteiger partial charge on any atom is -0.508 e. The van der Waals surface area contributed by atoms with Crippen molar-refractivity contribution in [1.82, 2.24) is 14.7 Å². The van der Waals surface area contributed by atoms with Gasteiger partial charge in [0.1, 0.15) is 5.75 Å². The van der Waals surface area contributed by atoms with Crippen LogP contribution in [0, 0.1) is 0 Å². The number of carbonyl (C=O) groups excluding carboxylic acids is 1. The molecule has 0 radical (unpaired) electrons. The normalized spacial score (nSPS) is 19.7. The van der Waals surface area contributed by atoms with Crippen molar-refractivity contribution in [2.24, 2.45) is 4.99 Å². The standard InChI is InChI=1S/C21H22N4O2S/c26-17-3-1-15(2-4-17)12-25-20(27)18-13-23(11-16-6-10-28-14-16)8-5-19(18)24-9-7-22-21(24)25/h1-4,6,10,14,26H,5,7-9,11-13H2. The lowest BCUT2D eigenvalue weighted by atomic mass is 10.00. The Labute approximate surface area is 168 Å². The largest absolute Gasteiger partial charge is 0.508 e. The molecule has 1 aromatic carbocycles. The van der Waals surface area contributed by atoms with Crippen molar-refractivity contribution in [1.29, 1.82) is 0 Å². The van der Waals surface area contributed by atoms with E-state index in [4.69, 9.17) is 0 Å². The molecule has 0 bridgehead atoms. The lowest BCUT2D eigenvalue weighted by Crippen LogP contribution is -2.53.